The van der Waals surface area contributed by atoms with Crippen LogP contribution in [0.25, 0.3) is 0 Å². The molecule has 2 saturated carbocycles. The van der Waals surface area contributed by atoms with Crippen LogP contribution in [-0.4, -0.2) is 23.5 Å². The lowest BCUT2D eigenvalue weighted by Gasteiger charge is -2.30. The van der Waals surface area contributed by atoms with Gasteiger partial charge in [0.1, 0.15) is 0 Å². The molecule has 0 aromatic heterocycles. The molecule has 0 spiro atoms. The highest BCUT2D eigenvalue weighted by atomic mass is 32.2. The number of hydrogen-bond donors (Lipinski definition) is 1. The first-order valence-corrected chi connectivity index (χ1v) is 8.74. The van der Waals surface area contributed by atoms with Gasteiger partial charge in [0.2, 0.25) is 0 Å². The molecule has 1 N–H and O–H groups in total. The maximum Gasteiger partial charge on any atom is 0.156 e. The van der Waals surface area contributed by atoms with E-state index in [1.165, 1.54) is 62.3 Å². The summed E-state index contributed by atoms with van der Waals surface area (Å²) in [4.78, 5) is 4.94. The van der Waals surface area contributed by atoms with Crippen LogP contribution < -0.4 is 5.32 Å². The predicted octanol–water partition coefficient (Wildman–Crippen LogP) is 3.82. The van der Waals surface area contributed by atoms with Gasteiger partial charge in [0.15, 0.2) is 5.17 Å². The molecule has 2 nitrogen and oxygen atoms in total. The van der Waals surface area contributed by atoms with E-state index in [4.69, 9.17) is 4.99 Å². The lowest BCUT2D eigenvalue weighted by Crippen LogP contribution is -2.42. The Bertz CT molecular complexity index is 320. The van der Waals surface area contributed by atoms with Crippen LogP contribution in [0.3, 0.4) is 0 Å². The van der Waals surface area contributed by atoms with Gasteiger partial charge >= 0.3 is 0 Å². The highest BCUT2D eigenvalue weighted by Crippen LogP contribution is 2.41. The average Bonchev–Trinajstić information content (AvgIpc) is 3.05. The van der Waals surface area contributed by atoms with Crippen molar-refractivity contribution in [2.75, 3.05) is 12.3 Å². The van der Waals surface area contributed by atoms with Gasteiger partial charge in [-0.3, -0.25) is 4.99 Å². The fourth-order valence-electron chi connectivity index (χ4n) is 3.89. The van der Waals surface area contributed by atoms with Crippen molar-refractivity contribution in [3.63, 3.8) is 0 Å². The van der Waals surface area contributed by atoms with E-state index in [2.05, 4.69) is 12.2 Å². The highest BCUT2D eigenvalue weighted by Gasteiger charge is 2.34. The fraction of sp³-hybridized carbons (Fsp3) is 0.933. The van der Waals surface area contributed by atoms with Crippen LogP contribution in [0.2, 0.25) is 0 Å². The first-order chi connectivity index (χ1) is 8.81. The number of amidine groups is 1. The summed E-state index contributed by atoms with van der Waals surface area (Å²) >= 11 is 1.97. The minimum atomic E-state index is 0.543. The van der Waals surface area contributed by atoms with Crippen LogP contribution in [0.4, 0.5) is 0 Å². The van der Waals surface area contributed by atoms with Gasteiger partial charge in [-0.15, -0.1) is 0 Å². The number of fused-ring (bicyclic) bond motifs is 1. The maximum atomic E-state index is 4.94. The molecule has 1 saturated heterocycles. The van der Waals surface area contributed by atoms with E-state index < -0.39 is 0 Å². The average molecular weight is 266 g/mol. The van der Waals surface area contributed by atoms with E-state index in [1.807, 2.05) is 11.8 Å². The Hall–Kier alpha value is -0.180. The Morgan fingerprint density at radius 3 is 2.89 bits per heavy atom. The van der Waals surface area contributed by atoms with Crippen molar-refractivity contribution in [3.05, 3.63) is 0 Å². The number of thioether (sulfide) groups is 1. The summed E-state index contributed by atoms with van der Waals surface area (Å²) < 4.78 is 0. The fourth-order valence-corrected chi connectivity index (χ4v) is 5.05. The van der Waals surface area contributed by atoms with Gasteiger partial charge < -0.3 is 5.32 Å². The van der Waals surface area contributed by atoms with E-state index in [-0.39, 0.29) is 0 Å². The molecule has 2 aliphatic carbocycles. The molecular formula is C15H26N2S. The van der Waals surface area contributed by atoms with Gasteiger partial charge in [-0.1, -0.05) is 37.9 Å². The van der Waals surface area contributed by atoms with Crippen molar-refractivity contribution in [3.8, 4) is 0 Å². The summed E-state index contributed by atoms with van der Waals surface area (Å²) in [5.74, 6) is 2.22. The Morgan fingerprint density at radius 2 is 2.11 bits per heavy atom. The third-order valence-electron chi connectivity index (χ3n) is 5.37. The summed E-state index contributed by atoms with van der Waals surface area (Å²) in [5.41, 5.74) is 0.543. The molecule has 2 unspecified atom stereocenters. The summed E-state index contributed by atoms with van der Waals surface area (Å²) in [6.07, 6.45) is 11.2. The highest BCUT2D eigenvalue weighted by molar-refractivity contribution is 8.13. The zero-order valence-electron chi connectivity index (χ0n) is 11.6. The van der Waals surface area contributed by atoms with Crippen LogP contribution in [0.15, 0.2) is 4.99 Å². The number of nitrogens with zero attached hydrogens (tertiary/aromatic N) is 1. The maximum absolute atomic E-state index is 4.94. The quantitative estimate of drug-likeness (QED) is 0.840. The largest absolute Gasteiger partial charge is 0.362 e. The zero-order chi connectivity index (χ0) is 12.4. The Kier molecular flexibility index (Phi) is 3.88. The van der Waals surface area contributed by atoms with E-state index in [0.717, 1.165) is 18.5 Å². The molecule has 1 heterocycles. The molecule has 0 radical (unpaired) electrons. The van der Waals surface area contributed by atoms with Crippen molar-refractivity contribution in [2.24, 2.45) is 16.3 Å². The minimum absolute atomic E-state index is 0.543. The Morgan fingerprint density at radius 1 is 1.28 bits per heavy atom. The smallest absolute Gasteiger partial charge is 0.156 e. The van der Waals surface area contributed by atoms with Crippen molar-refractivity contribution in [1.29, 1.82) is 0 Å². The van der Waals surface area contributed by atoms with E-state index in [1.54, 1.807) is 0 Å². The molecule has 3 rings (SSSR count). The monoisotopic (exact) mass is 266 g/mol. The summed E-state index contributed by atoms with van der Waals surface area (Å²) in [6, 6.07) is 0.742. The second kappa shape index (κ2) is 5.44. The predicted molar refractivity (Wildman–Crippen MR) is 80.2 cm³/mol. The summed E-state index contributed by atoms with van der Waals surface area (Å²) in [6.45, 7) is 3.41. The molecule has 0 aromatic carbocycles. The SMILES string of the molecule is CCC1(CN=C2NC3CCCC3CS2)CCCC1. The van der Waals surface area contributed by atoms with Gasteiger partial charge in [0.25, 0.3) is 0 Å². The first kappa shape index (κ1) is 12.8. The third kappa shape index (κ3) is 2.56. The van der Waals surface area contributed by atoms with Crippen molar-refractivity contribution in [1.82, 2.24) is 5.32 Å². The van der Waals surface area contributed by atoms with Crippen molar-refractivity contribution in [2.45, 2.75) is 64.3 Å². The molecule has 0 bridgehead atoms. The molecule has 102 valence electrons. The summed E-state index contributed by atoms with van der Waals surface area (Å²) in [7, 11) is 0. The molecule has 18 heavy (non-hydrogen) atoms. The van der Waals surface area contributed by atoms with Crippen LogP contribution in [0.1, 0.15) is 58.3 Å². The topological polar surface area (TPSA) is 24.4 Å². The van der Waals surface area contributed by atoms with E-state index >= 15 is 0 Å². The third-order valence-corrected chi connectivity index (χ3v) is 6.49. The Labute approximate surface area is 115 Å². The van der Waals surface area contributed by atoms with Crippen LogP contribution >= 0.6 is 11.8 Å². The molecule has 3 fully saturated rings. The van der Waals surface area contributed by atoms with E-state index in [9.17, 15) is 0 Å². The molecule has 0 amide bonds. The molecule has 3 aliphatic rings. The number of hydrogen-bond acceptors (Lipinski definition) is 2. The second-order valence-corrected chi connectivity index (χ2v) is 7.44. The van der Waals surface area contributed by atoms with Crippen molar-refractivity contribution >= 4 is 16.9 Å². The Balaban J connectivity index is 1.59. The first-order valence-electron chi connectivity index (χ1n) is 7.75. The lowest BCUT2D eigenvalue weighted by atomic mass is 9.84. The normalized spacial score (nSPS) is 36.6. The van der Waals surface area contributed by atoms with Crippen molar-refractivity contribution < 1.29 is 0 Å². The van der Waals surface area contributed by atoms with Crippen LogP contribution in [-0.2, 0) is 0 Å². The minimum Gasteiger partial charge on any atom is -0.362 e. The second-order valence-electron chi connectivity index (χ2n) is 6.43. The van der Waals surface area contributed by atoms with E-state index in [0.29, 0.717) is 5.41 Å². The molecule has 1 aliphatic heterocycles. The van der Waals surface area contributed by atoms with Gasteiger partial charge in [-0.05, 0) is 43.4 Å². The summed E-state index contributed by atoms with van der Waals surface area (Å²) in [5, 5.41) is 4.94. The lowest BCUT2D eigenvalue weighted by molar-refractivity contribution is 0.297. The van der Waals surface area contributed by atoms with Gasteiger partial charge in [0, 0.05) is 18.3 Å². The zero-order valence-corrected chi connectivity index (χ0v) is 12.4. The van der Waals surface area contributed by atoms with Crippen LogP contribution in [0, 0.1) is 11.3 Å². The van der Waals surface area contributed by atoms with Gasteiger partial charge in [0.05, 0.1) is 0 Å². The standard InChI is InChI=1S/C15H26N2S/c1-2-15(8-3-4-9-15)11-16-14-17-13-7-5-6-12(13)10-18-14/h12-13H,2-11H2,1H3,(H,16,17). The van der Waals surface area contributed by atoms with Gasteiger partial charge in [-0.2, -0.15) is 0 Å². The number of nitrogens with one attached hydrogen (secondary N) is 1. The number of rotatable bonds is 3. The number of aliphatic imine (C=N–C) groups is 1. The van der Waals surface area contributed by atoms with Gasteiger partial charge in [-0.25, -0.2) is 0 Å². The van der Waals surface area contributed by atoms with Crippen LogP contribution in [0.5, 0.6) is 0 Å². The molecule has 0 aromatic rings. The molecular weight excluding hydrogens is 240 g/mol. The molecule has 3 heteroatoms. The molecule has 2 atom stereocenters.